The third-order valence-electron chi connectivity index (χ3n) is 6.83. The highest BCUT2D eigenvalue weighted by Gasteiger charge is 2.25. The van der Waals surface area contributed by atoms with Crippen LogP contribution in [0.1, 0.15) is 17.5 Å². The Morgan fingerprint density at radius 1 is 0.829 bits per heavy atom. The number of rotatable bonds is 11. The fourth-order valence-corrected chi connectivity index (χ4v) is 4.61. The second kappa shape index (κ2) is 13.1. The summed E-state index contributed by atoms with van der Waals surface area (Å²) in [6.07, 6.45) is 1.37. The molecule has 1 saturated heterocycles. The van der Waals surface area contributed by atoms with Crippen molar-refractivity contribution in [3.63, 3.8) is 0 Å². The highest BCUT2D eigenvalue weighted by molar-refractivity contribution is 5.70. The lowest BCUT2D eigenvalue weighted by Crippen LogP contribution is -2.51. The van der Waals surface area contributed by atoms with E-state index in [1.165, 1.54) is 11.3 Å². The van der Waals surface area contributed by atoms with Gasteiger partial charge in [-0.15, -0.1) is 0 Å². The normalized spacial score (nSPS) is 15.2. The van der Waals surface area contributed by atoms with Gasteiger partial charge in [0.05, 0.1) is 6.42 Å². The molecule has 0 bridgehead atoms. The second-order valence-corrected chi connectivity index (χ2v) is 9.34. The number of piperazine rings is 1. The molecule has 1 unspecified atom stereocenters. The number of likely N-dealkylation sites (N-methyl/N-ethyl adjacent to an activating group) is 1. The zero-order chi connectivity index (χ0) is 24.3. The van der Waals surface area contributed by atoms with Crippen molar-refractivity contribution in [3.05, 3.63) is 102 Å². The van der Waals surface area contributed by atoms with Crippen LogP contribution in [0.4, 0.5) is 5.69 Å². The van der Waals surface area contributed by atoms with Crippen LogP contribution >= 0.6 is 0 Å². The first-order valence-electron chi connectivity index (χ1n) is 12.6. The van der Waals surface area contributed by atoms with E-state index in [1.54, 1.807) is 0 Å². The number of anilines is 1. The molecule has 1 heterocycles. The quantitative estimate of drug-likeness (QED) is 0.385. The highest BCUT2D eigenvalue weighted by atomic mass is 16.5. The van der Waals surface area contributed by atoms with Gasteiger partial charge in [-0.05, 0) is 36.7 Å². The van der Waals surface area contributed by atoms with E-state index in [1.807, 2.05) is 36.4 Å². The average Bonchev–Trinajstić information content (AvgIpc) is 2.92. The summed E-state index contributed by atoms with van der Waals surface area (Å²) < 4.78 is 5.64. The van der Waals surface area contributed by atoms with Crippen molar-refractivity contribution in [1.29, 1.82) is 0 Å². The predicted octanol–water partition coefficient (Wildman–Crippen LogP) is 4.49. The summed E-state index contributed by atoms with van der Waals surface area (Å²) in [7, 11) is 2.14. The van der Waals surface area contributed by atoms with Crippen LogP contribution in [0.5, 0.6) is 0 Å². The average molecular weight is 472 g/mol. The summed E-state index contributed by atoms with van der Waals surface area (Å²) in [6.45, 7) is 6.11. The maximum Gasteiger partial charge on any atom is 0.307 e. The van der Waals surface area contributed by atoms with Crippen LogP contribution in [-0.4, -0.2) is 68.1 Å². The number of esters is 1. The van der Waals surface area contributed by atoms with Crippen LogP contribution in [0, 0.1) is 0 Å². The number of carbonyl (C=O) groups excluding carboxylic acids is 1. The first-order chi connectivity index (χ1) is 17.2. The molecule has 3 aromatic carbocycles. The number of para-hydroxylation sites is 1. The van der Waals surface area contributed by atoms with Gasteiger partial charge in [0.25, 0.3) is 0 Å². The topological polar surface area (TPSA) is 36.0 Å². The molecule has 184 valence electrons. The zero-order valence-corrected chi connectivity index (χ0v) is 20.8. The van der Waals surface area contributed by atoms with Gasteiger partial charge in [0.15, 0.2) is 0 Å². The first kappa shape index (κ1) is 25.0. The molecule has 0 amide bonds. The van der Waals surface area contributed by atoms with Crippen molar-refractivity contribution in [2.45, 2.75) is 25.5 Å². The summed E-state index contributed by atoms with van der Waals surface area (Å²) in [6, 6.07) is 31.2. The fourth-order valence-electron chi connectivity index (χ4n) is 4.61. The molecule has 0 saturated carbocycles. The Morgan fingerprint density at radius 2 is 1.40 bits per heavy atom. The lowest BCUT2D eigenvalue weighted by Gasteiger charge is -2.39. The van der Waals surface area contributed by atoms with Crippen molar-refractivity contribution in [2.24, 2.45) is 0 Å². The SMILES string of the molecule is CN(CCc1ccccc1)C(CC(=O)OCc1ccccc1)CN1CCN(c2ccccc2)CC1. The van der Waals surface area contributed by atoms with E-state index < -0.39 is 0 Å². The minimum Gasteiger partial charge on any atom is -0.461 e. The molecular formula is C30H37N3O2. The minimum atomic E-state index is -0.131. The van der Waals surface area contributed by atoms with Gasteiger partial charge in [-0.3, -0.25) is 9.69 Å². The standard InChI is InChI=1S/C30H37N3O2/c1-31(18-17-26-11-5-2-6-12-26)29(23-30(34)35-25-27-13-7-3-8-14-27)24-32-19-21-33(22-20-32)28-15-9-4-10-16-28/h2-16,29H,17-25H2,1H3. The molecular weight excluding hydrogens is 434 g/mol. The molecule has 5 heteroatoms. The van der Waals surface area contributed by atoms with Gasteiger partial charge in [-0.1, -0.05) is 78.9 Å². The van der Waals surface area contributed by atoms with Gasteiger partial charge in [0, 0.05) is 51.0 Å². The van der Waals surface area contributed by atoms with Crippen LogP contribution in [0.2, 0.25) is 0 Å². The number of carbonyl (C=O) groups is 1. The Bertz CT molecular complexity index is 1010. The van der Waals surface area contributed by atoms with Gasteiger partial charge in [0.1, 0.15) is 6.61 Å². The van der Waals surface area contributed by atoms with Crippen LogP contribution in [-0.2, 0) is 22.6 Å². The Kier molecular flexibility index (Phi) is 9.32. The number of benzene rings is 3. The fraction of sp³-hybridized carbons (Fsp3) is 0.367. The van der Waals surface area contributed by atoms with E-state index in [0.29, 0.717) is 13.0 Å². The minimum absolute atomic E-state index is 0.116. The molecule has 0 aromatic heterocycles. The van der Waals surface area contributed by atoms with Gasteiger partial charge in [-0.2, -0.15) is 0 Å². The molecule has 4 rings (SSSR count). The lowest BCUT2D eigenvalue weighted by molar-refractivity contribution is -0.146. The smallest absolute Gasteiger partial charge is 0.307 e. The molecule has 0 aliphatic carbocycles. The van der Waals surface area contributed by atoms with E-state index in [2.05, 4.69) is 76.3 Å². The van der Waals surface area contributed by atoms with Crippen LogP contribution in [0.3, 0.4) is 0 Å². The van der Waals surface area contributed by atoms with Crippen molar-refractivity contribution in [1.82, 2.24) is 9.80 Å². The maximum atomic E-state index is 12.8. The molecule has 35 heavy (non-hydrogen) atoms. The van der Waals surface area contributed by atoms with Crippen molar-refractivity contribution < 1.29 is 9.53 Å². The van der Waals surface area contributed by atoms with E-state index in [4.69, 9.17) is 4.74 Å². The Hall–Kier alpha value is -3.15. The molecule has 1 aliphatic heterocycles. The molecule has 0 spiro atoms. The van der Waals surface area contributed by atoms with E-state index >= 15 is 0 Å². The molecule has 1 aliphatic rings. The second-order valence-electron chi connectivity index (χ2n) is 9.34. The van der Waals surface area contributed by atoms with Crippen LogP contribution in [0.15, 0.2) is 91.0 Å². The molecule has 0 N–H and O–H groups in total. The largest absolute Gasteiger partial charge is 0.461 e. The lowest BCUT2D eigenvalue weighted by atomic mass is 10.1. The molecule has 0 radical (unpaired) electrons. The van der Waals surface area contributed by atoms with Crippen LogP contribution < -0.4 is 4.90 Å². The number of ether oxygens (including phenoxy) is 1. The van der Waals surface area contributed by atoms with Crippen molar-refractivity contribution in [3.8, 4) is 0 Å². The van der Waals surface area contributed by atoms with E-state index in [0.717, 1.165) is 51.3 Å². The van der Waals surface area contributed by atoms with Gasteiger partial charge >= 0.3 is 5.97 Å². The maximum absolute atomic E-state index is 12.8. The Balaban J connectivity index is 1.33. The predicted molar refractivity (Wildman–Crippen MR) is 143 cm³/mol. The number of hydrogen-bond acceptors (Lipinski definition) is 5. The summed E-state index contributed by atoms with van der Waals surface area (Å²) >= 11 is 0. The van der Waals surface area contributed by atoms with Crippen molar-refractivity contribution in [2.75, 3.05) is 51.2 Å². The monoisotopic (exact) mass is 471 g/mol. The Morgan fingerprint density at radius 3 is 2.03 bits per heavy atom. The number of nitrogens with zero attached hydrogens (tertiary/aromatic N) is 3. The van der Waals surface area contributed by atoms with E-state index in [-0.39, 0.29) is 12.0 Å². The highest BCUT2D eigenvalue weighted by Crippen LogP contribution is 2.17. The van der Waals surface area contributed by atoms with Gasteiger partial charge in [0.2, 0.25) is 0 Å². The van der Waals surface area contributed by atoms with E-state index in [9.17, 15) is 4.79 Å². The number of hydrogen-bond donors (Lipinski definition) is 0. The molecule has 3 aromatic rings. The third kappa shape index (κ3) is 7.94. The Labute approximate surface area is 209 Å². The summed E-state index contributed by atoms with van der Waals surface area (Å²) in [5.41, 5.74) is 3.63. The summed E-state index contributed by atoms with van der Waals surface area (Å²) in [5, 5.41) is 0. The first-order valence-corrected chi connectivity index (χ1v) is 12.6. The summed E-state index contributed by atoms with van der Waals surface area (Å²) in [4.78, 5) is 20.1. The third-order valence-corrected chi connectivity index (χ3v) is 6.83. The van der Waals surface area contributed by atoms with Gasteiger partial charge < -0.3 is 14.5 Å². The zero-order valence-electron chi connectivity index (χ0n) is 20.8. The van der Waals surface area contributed by atoms with Crippen molar-refractivity contribution >= 4 is 11.7 Å². The summed E-state index contributed by atoms with van der Waals surface area (Å²) in [5.74, 6) is -0.131. The van der Waals surface area contributed by atoms with Gasteiger partial charge in [-0.25, -0.2) is 0 Å². The van der Waals surface area contributed by atoms with Crippen LogP contribution in [0.25, 0.3) is 0 Å². The molecule has 1 fully saturated rings. The molecule has 5 nitrogen and oxygen atoms in total. The molecule has 1 atom stereocenters.